The summed E-state index contributed by atoms with van der Waals surface area (Å²) >= 11 is 1.32. The van der Waals surface area contributed by atoms with E-state index >= 15 is 0 Å². The van der Waals surface area contributed by atoms with Gasteiger partial charge in [-0.05, 0) is 67.1 Å². The van der Waals surface area contributed by atoms with Crippen molar-refractivity contribution in [3.8, 4) is 0 Å². The molecule has 3 N–H and O–H groups in total. The van der Waals surface area contributed by atoms with Crippen LogP contribution in [-0.4, -0.2) is 22.6 Å². The van der Waals surface area contributed by atoms with Gasteiger partial charge in [-0.15, -0.1) is 11.8 Å². The lowest BCUT2D eigenvalue weighted by Crippen LogP contribution is -2.30. The molecule has 9 nitrogen and oxygen atoms in total. The molecule has 0 saturated carbocycles. The number of para-hydroxylation sites is 1. The van der Waals surface area contributed by atoms with E-state index in [0.717, 1.165) is 11.1 Å². The van der Waals surface area contributed by atoms with Crippen molar-refractivity contribution in [3.05, 3.63) is 172 Å². The van der Waals surface area contributed by atoms with Gasteiger partial charge in [0.05, 0.1) is 10.5 Å². The Bertz CT molecular complexity index is 1930. The number of carbonyl (C=O) groups excluding carboxylic acids is 3. The van der Waals surface area contributed by atoms with Crippen molar-refractivity contribution >= 4 is 52.6 Å². The molecule has 3 amide bonds. The molecular weight excluding hydrogens is 612 g/mol. The van der Waals surface area contributed by atoms with Gasteiger partial charge in [0, 0.05) is 27.9 Å². The van der Waals surface area contributed by atoms with E-state index in [9.17, 15) is 24.5 Å². The number of nitro groups is 1. The molecule has 47 heavy (non-hydrogen) atoms. The lowest BCUT2D eigenvalue weighted by atomic mass is 10.1. The quantitative estimate of drug-likeness (QED) is 0.0584. The maximum atomic E-state index is 13.6. The average molecular weight is 643 g/mol. The van der Waals surface area contributed by atoms with Gasteiger partial charge >= 0.3 is 0 Å². The Balaban J connectivity index is 1.40. The third-order valence-corrected chi connectivity index (χ3v) is 8.22. The number of hydrogen-bond acceptors (Lipinski definition) is 6. The Morgan fingerprint density at radius 2 is 1.40 bits per heavy atom. The van der Waals surface area contributed by atoms with Gasteiger partial charge in [-0.1, -0.05) is 84.4 Å². The first-order valence-corrected chi connectivity index (χ1v) is 15.5. The molecule has 5 aromatic rings. The monoisotopic (exact) mass is 642 g/mol. The Hall–Kier alpha value is -6.00. The SMILES string of the molecule is Cc1ccc(NC(=O)C(Sc2cccc(NC(=O)/C(=C\c3ccccc3[N+](=O)[O-])NC(=O)c3ccccc3)c2)c2ccccc2)cc1. The highest BCUT2D eigenvalue weighted by Gasteiger charge is 2.23. The molecule has 234 valence electrons. The maximum Gasteiger partial charge on any atom is 0.276 e. The number of carbonyl (C=O) groups is 3. The molecule has 0 saturated heterocycles. The number of amides is 3. The lowest BCUT2D eigenvalue weighted by molar-refractivity contribution is -0.385. The van der Waals surface area contributed by atoms with Crippen molar-refractivity contribution in [1.82, 2.24) is 5.32 Å². The molecule has 0 fully saturated rings. The van der Waals surface area contributed by atoms with E-state index in [4.69, 9.17) is 0 Å². The molecule has 0 radical (unpaired) electrons. The summed E-state index contributed by atoms with van der Waals surface area (Å²) in [5.41, 5.74) is 3.00. The predicted molar refractivity (Wildman–Crippen MR) is 185 cm³/mol. The minimum absolute atomic E-state index is 0.144. The summed E-state index contributed by atoms with van der Waals surface area (Å²) in [5, 5.41) is 19.4. The standard InChI is InChI=1S/C37H30N4O5S/c1-25-19-21-29(22-20-25)38-37(44)34(26-11-4-2-5-12-26)47-31-17-10-16-30(24-31)39-36(43)32(40-35(42)27-13-6-3-7-14-27)23-28-15-8-9-18-33(28)41(45)46/h2-24,34H,1H3,(H,38,44)(H,39,43)(H,40,42)/b32-23+. The van der Waals surface area contributed by atoms with Crippen LogP contribution in [0.3, 0.4) is 0 Å². The smallest absolute Gasteiger partial charge is 0.276 e. The van der Waals surface area contributed by atoms with Crippen LogP contribution in [0.2, 0.25) is 0 Å². The Labute approximate surface area is 275 Å². The summed E-state index contributed by atoms with van der Waals surface area (Å²) in [4.78, 5) is 52.0. The molecule has 0 aliphatic rings. The molecule has 1 atom stereocenters. The van der Waals surface area contributed by atoms with Crippen molar-refractivity contribution in [2.45, 2.75) is 17.1 Å². The van der Waals surface area contributed by atoms with Gasteiger partial charge in [0.1, 0.15) is 10.9 Å². The highest BCUT2D eigenvalue weighted by Crippen LogP contribution is 2.37. The highest BCUT2D eigenvalue weighted by molar-refractivity contribution is 8.00. The second-order valence-electron chi connectivity index (χ2n) is 10.4. The van der Waals surface area contributed by atoms with Crippen molar-refractivity contribution in [3.63, 3.8) is 0 Å². The minimum Gasteiger partial charge on any atom is -0.325 e. The van der Waals surface area contributed by atoms with Gasteiger partial charge in [-0.25, -0.2) is 0 Å². The van der Waals surface area contributed by atoms with Gasteiger partial charge in [0.25, 0.3) is 17.5 Å². The molecule has 0 aliphatic heterocycles. The summed E-state index contributed by atoms with van der Waals surface area (Å²) in [6.07, 6.45) is 1.27. The maximum absolute atomic E-state index is 13.6. The molecule has 0 aromatic heterocycles. The molecule has 1 unspecified atom stereocenters. The molecule has 10 heteroatoms. The molecular formula is C37H30N4O5S. The van der Waals surface area contributed by atoms with Crippen LogP contribution in [0.25, 0.3) is 6.08 Å². The molecule has 0 aliphatic carbocycles. The number of nitrogens with one attached hydrogen (secondary N) is 3. The Kier molecular flexibility index (Phi) is 10.6. The van der Waals surface area contributed by atoms with Crippen molar-refractivity contribution < 1.29 is 19.3 Å². The second kappa shape index (κ2) is 15.3. The van der Waals surface area contributed by atoms with Crippen LogP contribution < -0.4 is 16.0 Å². The van der Waals surface area contributed by atoms with E-state index < -0.39 is 22.0 Å². The number of rotatable bonds is 11. The summed E-state index contributed by atoms with van der Waals surface area (Å²) in [6.45, 7) is 1.97. The minimum atomic E-state index is -0.689. The zero-order valence-electron chi connectivity index (χ0n) is 25.3. The van der Waals surface area contributed by atoms with Crippen molar-refractivity contribution in [2.75, 3.05) is 10.6 Å². The number of aryl methyl sites for hydroxylation is 1. The summed E-state index contributed by atoms with van der Waals surface area (Å²) in [5.74, 6) is -1.45. The van der Waals surface area contributed by atoms with Crippen LogP contribution in [0, 0.1) is 17.0 Å². The van der Waals surface area contributed by atoms with Crippen molar-refractivity contribution in [2.24, 2.45) is 0 Å². The van der Waals surface area contributed by atoms with E-state index in [2.05, 4.69) is 16.0 Å². The van der Waals surface area contributed by atoms with Crippen LogP contribution in [0.15, 0.2) is 144 Å². The van der Waals surface area contributed by atoms with Crippen LogP contribution in [-0.2, 0) is 9.59 Å². The zero-order chi connectivity index (χ0) is 33.2. The third-order valence-electron chi connectivity index (χ3n) is 6.97. The number of nitrogens with zero attached hydrogens (tertiary/aromatic N) is 1. The largest absolute Gasteiger partial charge is 0.325 e. The van der Waals surface area contributed by atoms with Crippen LogP contribution >= 0.6 is 11.8 Å². The molecule has 5 rings (SSSR count). The van der Waals surface area contributed by atoms with Crippen LogP contribution in [0.4, 0.5) is 17.1 Å². The van der Waals surface area contributed by atoms with E-state index in [1.165, 1.54) is 36.0 Å². The Morgan fingerprint density at radius 3 is 2.11 bits per heavy atom. The van der Waals surface area contributed by atoms with E-state index in [1.54, 1.807) is 54.6 Å². The molecule has 0 bridgehead atoms. The first kappa shape index (κ1) is 32.4. The highest BCUT2D eigenvalue weighted by atomic mass is 32.2. The van der Waals surface area contributed by atoms with Gasteiger partial charge < -0.3 is 16.0 Å². The van der Waals surface area contributed by atoms with Gasteiger partial charge in [0.15, 0.2) is 0 Å². The first-order chi connectivity index (χ1) is 22.8. The summed E-state index contributed by atoms with van der Waals surface area (Å²) in [6, 6.07) is 38.1. The van der Waals surface area contributed by atoms with E-state index in [-0.39, 0.29) is 22.9 Å². The first-order valence-electron chi connectivity index (χ1n) is 14.6. The van der Waals surface area contributed by atoms with Crippen molar-refractivity contribution in [1.29, 1.82) is 0 Å². The van der Waals surface area contributed by atoms with Crippen LogP contribution in [0.1, 0.15) is 32.3 Å². The number of benzene rings is 5. The predicted octanol–water partition coefficient (Wildman–Crippen LogP) is 7.78. The van der Waals surface area contributed by atoms with E-state index in [1.807, 2.05) is 67.6 Å². The number of nitro benzene ring substituents is 1. The van der Waals surface area contributed by atoms with Gasteiger partial charge in [0.2, 0.25) is 5.91 Å². The third kappa shape index (κ3) is 8.80. The zero-order valence-corrected chi connectivity index (χ0v) is 26.1. The summed E-state index contributed by atoms with van der Waals surface area (Å²) < 4.78 is 0. The topological polar surface area (TPSA) is 130 Å². The normalized spacial score (nSPS) is 11.6. The number of thioether (sulfide) groups is 1. The fraction of sp³-hybridized carbons (Fsp3) is 0.0541. The Morgan fingerprint density at radius 1 is 0.745 bits per heavy atom. The molecule has 5 aromatic carbocycles. The lowest BCUT2D eigenvalue weighted by Gasteiger charge is -2.18. The average Bonchev–Trinajstić information content (AvgIpc) is 3.09. The van der Waals surface area contributed by atoms with E-state index in [0.29, 0.717) is 21.8 Å². The fourth-order valence-corrected chi connectivity index (χ4v) is 5.68. The fourth-order valence-electron chi connectivity index (χ4n) is 4.60. The number of hydrogen-bond donors (Lipinski definition) is 3. The molecule has 0 heterocycles. The summed E-state index contributed by atoms with van der Waals surface area (Å²) in [7, 11) is 0. The number of anilines is 2. The second-order valence-corrected chi connectivity index (χ2v) is 11.6. The van der Waals surface area contributed by atoms with Crippen LogP contribution in [0.5, 0.6) is 0 Å². The molecule has 0 spiro atoms. The van der Waals surface area contributed by atoms with Gasteiger partial charge in [-0.2, -0.15) is 0 Å². The van der Waals surface area contributed by atoms with Gasteiger partial charge in [-0.3, -0.25) is 24.5 Å².